The van der Waals surface area contributed by atoms with Crippen molar-refractivity contribution in [3.63, 3.8) is 0 Å². The zero-order chi connectivity index (χ0) is 22.6. The third kappa shape index (κ3) is 7.29. The number of carbonyl (C=O) groups excluding carboxylic acids is 1. The first-order chi connectivity index (χ1) is 15.0. The Balaban J connectivity index is 2.19. The lowest BCUT2D eigenvalue weighted by molar-refractivity contribution is -0.144. The highest BCUT2D eigenvalue weighted by atomic mass is 16.5. The summed E-state index contributed by atoms with van der Waals surface area (Å²) < 4.78 is 21.2. The molecular formula is C22H36N4O5. The number of morpholine rings is 1. The molecule has 2 rings (SSSR count). The Hall–Kier alpha value is -2.52. The molecule has 0 saturated carbocycles. The van der Waals surface area contributed by atoms with Gasteiger partial charge >= 0.3 is 5.97 Å². The Morgan fingerprint density at radius 1 is 1.16 bits per heavy atom. The largest absolute Gasteiger partial charge is 0.493 e. The Kier molecular flexibility index (Phi) is 10.4. The van der Waals surface area contributed by atoms with Gasteiger partial charge < -0.3 is 29.6 Å². The average Bonchev–Trinajstić information content (AvgIpc) is 2.82. The highest BCUT2D eigenvalue weighted by Crippen LogP contribution is 2.32. The number of nitrogens with zero attached hydrogens (tertiary/aromatic N) is 2. The monoisotopic (exact) mass is 436 g/mol. The number of hydrogen-bond donors (Lipinski definition) is 2. The first-order valence-corrected chi connectivity index (χ1v) is 10.7. The van der Waals surface area contributed by atoms with Gasteiger partial charge in [0.25, 0.3) is 0 Å². The standard InChI is InChI=1S/C22H36N4O5/c1-6-23-22(24-14-16(2)21(27)30-5)25-15-18(26-9-11-31-12-10-26)17-7-8-19(28-3)20(13-17)29-4/h7-8,13,16,18H,6,9-12,14-15H2,1-5H3,(H2,23,24,25). The van der Waals surface area contributed by atoms with Gasteiger partial charge in [0.2, 0.25) is 0 Å². The molecule has 0 amide bonds. The van der Waals surface area contributed by atoms with Crippen molar-refractivity contribution in [2.45, 2.75) is 19.9 Å². The first kappa shape index (κ1) is 24.7. The molecule has 2 N–H and O–H groups in total. The van der Waals surface area contributed by atoms with Crippen LogP contribution in [0, 0.1) is 5.92 Å². The van der Waals surface area contributed by atoms with E-state index in [9.17, 15) is 4.79 Å². The van der Waals surface area contributed by atoms with Gasteiger partial charge in [0.05, 0.1) is 53.0 Å². The number of ether oxygens (including phenoxy) is 4. The van der Waals surface area contributed by atoms with E-state index in [1.54, 1.807) is 21.1 Å². The summed E-state index contributed by atoms with van der Waals surface area (Å²) in [4.78, 5) is 18.6. The smallest absolute Gasteiger partial charge is 0.310 e. The molecular weight excluding hydrogens is 400 g/mol. The van der Waals surface area contributed by atoms with Crippen LogP contribution in [0.15, 0.2) is 23.2 Å². The maximum Gasteiger partial charge on any atom is 0.310 e. The van der Waals surface area contributed by atoms with E-state index in [4.69, 9.17) is 18.9 Å². The molecule has 174 valence electrons. The van der Waals surface area contributed by atoms with E-state index in [1.165, 1.54) is 7.11 Å². The number of guanidine groups is 1. The quantitative estimate of drug-likeness (QED) is 0.323. The molecule has 1 aliphatic rings. The molecule has 9 nitrogen and oxygen atoms in total. The number of methoxy groups -OCH3 is 3. The summed E-state index contributed by atoms with van der Waals surface area (Å²) in [5, 5.41) is 6.67. The van der Waals surface area contributed by atoms with Gasteiger partial charge in [-0.25, -0.2) is 0 Å². The molecule has 2 unspecified atom stereocenters. The molecule has 31 heavy (non-hydrogen) atoms. The van der Waals surface area contributed by atoms with Gasteiger partial charge in [0.15, 0.2) is 17.5 Å². The summed E-state index contributed by atoms with van der Waals surface area (Å²) in [5.41, 5.74) is 1.12. The number of rotatable bonds is 10. The highest BCUT2D eigenvalue weighted by Gasteiger charge is 2.24. The van der Waals surface area contributed by atoms with Crippen molar-refractivity contribution in [3.8, 4) is 11.5 Å². The summed E-state index contributed by atoms with van der Waals surface area (Å²) in [5.74, 6) is 1.49. The van der Waals surface area contributed by atoms with Crippen molar-refractivity contribution in [1.82, 2.24) is 15.5 Å². The first-order valence-electron chi connectivity index (χ1n) is 10.7. The van der Waals surface area contributed by atoms with E-state index in [0.717, 1.165) is 25.2 Å². The molecule has 0 spiro atoms. The third-order valence-electron chi connectivity index (χ3n) is 5.21. The normalized spacial score (nSPS) is 16.9. The van der Waals surface area contributed by atoms with Gasteiger partial charge in [-0.3, -0.25) is 14.7 Å². The molecule has 9 heteroatoms. The van der Waals surface area contributed by atoms with Gasteiger partial charge in [-0.15, -0.1) is 0 Å². The van der Waals surface area contributed by atoms with E-state index < -0.39 is 0 Å². The lowest BCUT2D eigenvalue weighted by atomic mass is 10.0. The minimum Gasteiger partial charge on any atom is -0.493 e. The van der Waals surface area contributed by atoms with Gasteiger partial charge in [0, 0.05) is 26.2 Å². The lowest BCUT2D eigenvalue weighted by Crippen LogP contribution is -2.46. The van der Waals surface area contributed by atoms with E-state index in [0.29, 0.717) is 43.8 Å². The van der Waals surface area contributed by atoms with Crippen LogP contribution in [-0.4, -0.2) is 84.1 Å². The molecule has 1 aliphatic heterocycles. The molecule has 2 atom stereocenters. The number of carbonyl (C=O) groups is 1. The Bertz CT molecular complexity index is 722. The molecule has 0 aliphatic carbocycles. The maximum absolute atomic E-state index is 11.7. The summed E-state index contributed by atoms with van der Waals surface area (Å²) in [6.45, 7) is 8.60. The van der Waals surface area contributed by atoms with Crippen molar-refractivity contribution >= 4 is 11.9 Å². The second kappa shape index (κ2) is 13.0. The van der Waals surface area contributed by atoms with E-state index in [2.05, 4.69) is 26.6 Å². The van der Waals surface area contributed by atoms with Gasteiger partial charge in [-0.05, 0) is 24.6 Å². The summed E-state index contributed by atoms with van der Waals surface area (Å²) in [7, 11) is 4.66. The van der Waals surface area contributed by atoms with Crippen LogP contribution < -0.4 is 20.1 Å². The van der Waals surface area contributed by atoms with Crippen molar-refractivity contribution in [3.05, 3.63) is 23.8 Å². The van der Waals surface area contributed by atoms with Crippen LogP contribution in [0.3, 0.4) is 0 Å². The zero-order valence-corrected chi connectivity index (χ0v) is 19.3. The molecule has 0 radical (unpaired) electrons. The molecule has 1 fully saturated rings. The lowest BCUT2D eigenvalue weighted by Gasteiger charge is -2.35. The van der Waals surface area contributed by atoms with Crippen LogP contribution in [0.5, 0.6) is 11.5 Å². The molecule has 1 aromatic rings. The predicted octanol–water partition coefficient (Wildman–Crippen LogP) is 1.44. The van der Waals surface area contributed by atoms with Gasteiger partial charge in [0.1, 0.15) is 0 Å². The van der Waals surface area contributed by atoms with Crippen LogP contribution in [0.4, 0.5) is 0 Å². The highest BCUT2D eigenvalue weighted by molar-refractivity contribution is 5.80. The third-order valence-corrected chi connectivity index (χ3v) is 5.21. The molecule has 0 bridgehead atoms. The molecule has 1 heterocycles. The van der Waals surface area contributed by atoms with Gasteiger partial charge in [-0.2, -0.15) is 0 Å². The minimum atomic E-state index is -0.304. The van der Waals surface area contributed by atoms with Crippen LogP contribution in [0.1, 0.15) is 25.5 Å². The van der Waals surface area contributed by atoms with Crippen LogP contribution in [-0.2, 0) is 14.3 Å². The topological polar surface area (TPSA) is 93.7 Å². The summed E-state index contributed by atoms with van der Waals surface area (Å²) in [6, 6.07) is 6.10. The Labute approximate surface area is 185 Å². The maximum atomic E-state index is 11.7. The van der Waals surface area contributed by atoms with Crippen LogP contribution in [0.2, 0.25) is 0 Å². The van der Waals surface area contributed by atoms with Gasteiger partial charge in [-0.1, -0.05) is 13.0 Å². The fourth-order valence-corrected chi connectivity index (χ4v) is 3.45. The number of esters is 1. The van der Waals surface area contributed by atoms with Crippen molar-refractivity contribution in [1.29, 1.82) is 0 Å². The second-order valence-corrected chi connectivity index (χ2v) is 7.30. The fraction of sp³-hybridized carbons (Fsp3) is 0.636. The Morgan fingerprint density at radius 3 is 2.48 bits per heavy atom. The van der Waals surface area contributed by atoms with E-state index in [1.807, 2.05) is 19.1 Å². The van der Waals surface area contributed by atoms with Crippen LogP contribution >= 0.6 is 0 Å². The minimum absolute atomic E-state index is 0.0885. The average molecular weight is 437 g/mol. The SMILES string of the molecule is CCNC(=NCC(C)C(=O)OC)NCC(c1ccc(OC)c(OC)c1)N1CCOCC1. The van der Waals surface area contributed by atoms with Crippen molar-refractivity contribution in [2.24, 2.45) is 10.9 Å². The second-order valence-electron chi connectivity index (χ2n) is 7.30. The molecule has 1 aromatic carbocycles. The number of hydrogen-bond acceptors (Lipinski definition) is 7. The molecule has 0 aromatic heterocycles. The van der Waals surface area contributed by atoms with E-state index >= 15 is 0 Å². The van der Waals surface area contributed by atoms with Crippen molar-refractivity contribution < 1.29 is 23.7 Å². The predicted molar refractivity (Wildman–Crippen MR) is 120 cm³/mol. The van der Waals surface area contributed by atoms with Crippen LogP contribution in [0.25, 0.3) is 0 Å². The fourth-order valence-electron chi connectivity index (χ4n) is 3.45. The van der Waals surface area contributed by atoms with E-state index in [-0.39, 0.29) is 17.9 Å². The summed E-state index contributed by atoms with van der Waals surface area (Å²) >= 11 is 0. The number of aliphatic imine (C=N–C) groups is 1. The summed E-state index contributed by atoms with van der Waals surface area (Å²) in [6.07, 6.45) is 0. The molecule has 1 saturated heterocycles. The zero-order valence-electron chi connectivity index (χ0n) is 19.3. The van der Waals surface area contributed by atoms with Crippen molar-refractivity contribution in [2.75, 3.05) is 67.3 Å². The number of benzene rings is 1. The number of nitrogens with one attached hydrogen (secondary N) is 2. The Morgan fingerprint density at radius 2 is 1.87 bits per heavy atom.